The molecule has 0 spiro atoms. The highest BCUT2D eigenvalue weighted by molar-refractivity contribution is 5.85. The van der Waals surface area contributed by atoms with E-state index in [-0.39, 0.29) is 29.6 Å². The van der Waals surface area contributed by atoms with Gasteiger partial charge in [-0.2, -0.15) is 0 Å². The van der Waals surface area contributed by atoms with Crippen molar-refractivity contribution in [2.45, 2.75) is 13.0 Å². The van der Waals surface area contributed by atoms with Crippen LogP contribution in [0.2, 0.25) is 0 Å². The van der Waals surface area contributed by atoms with E-state index in [1.54, 1.807) is 12.4 Å². The summed E-state index contributed by atoms with van der Waals surface area (Å²) in [6.45, 7) is 3.88. The predicted molar refractivity (Wildman–Crippen MR) is 82.1 cm³/mol. The lowest BCUT2D eigenvalue weighted by molar-refractivity contribution is -0.136. The Morgan fingerprint density at radius 3 is 2.78 bits per heavy atom. The van der Waals surface area contributed by atoms with E-state index in [2.05, 4.69) is 4.98 Å². The summed E-state index contributed by atoms with van der Waals surface area (Å²) in [4.78, 5) is 32.9. The van der Waals surface area contributed by atoms with Gasteiger partial charge in [0.25, 0.3) is 0 Å². The number of fused-ring (bicyclic) bond motifs is 1. The number of likely N-dealkylation sites (tertiary alicyclic amines) is 2. The number of pyridine rings is 1. The number of rotatable bonds is 3. The van der Waals surface area contributed by atoms with Gasteiger partial charge in [-0.15, -0.1) is 0 Å². The van der Waals surface area contributed by atoms with Crippen molar-refractivity contribution in [1.82, 2.24) is 14.8 Å². The first-order chi connectivity index (χ1) is 11.2. The first-order valence-corrected chi connectivity index (χ1v) is 8.26. The third-order valence-corrected chi connectivity index (χ3v) is 5.24. The fourth-order valence-corrected chi connectivity index (χ4v) is 3.96. The maximum absolute atomic E-state index is 12.6. The van der Waals surface area contributed by atoms with Gasteiger partial charge in [0, 0.05) is 51.1 Å². The largest absolute Gasteiger partial charge is 0.381 e. The molecule has 1 aromatic rings. The van der Waals surface area contributed by atoms with Crippen molar-refractivity contribution in [3.05, 3.63) is 30.1 Å². The van der Waals surface area contributed by atoms with Gasteiger partial charge in [-0.3, -0.25) is 14.6 Å². The zero-order chi connectivity index (χ0) is 15.8. The van der Waals surface area contributed by atoms with Crippen LogP contribution in [0.25, 0.3) is 0 Å². The monoisotopic (exact) mass is 315 g/mol. The molecule has 3 aliphatic rings. The lowest BCUT2D eigenvalue weighted by Gasteiger charge is -2.23. The summed E-state index contributed by atoms with van der Waals surface area (Å²) in [5.41, 5.74) is 1.10. The third kappa shape index (κ3) is 2.72. The zero-order valence-corrected chi connectivity index (χ0v) is 13.1. The summed E-state index contributed by atoms with van der Waals surface area (Å²) in [5.74, 6) is 0.603. The molecule has 3 atom stereocenters. The van der Waals surface area contributed by atoms with Crippen LogP contribution in [0.5, 0.6) is 0 Å². The highest BCUT2D eigenvalue weighted by Crippen LogP contribution is 2.34. The lowest BCUT2D eigenvalue weighted by Crippen LogP contribution is -2.38. The van der Waals surface area contributed by atoms with Crippen LogP contribution in [-0.2, 0) is 20.9 Å². The maximum atomic E-state index is 12.6. The SMILES string of the molecule is O=C(C1CCOC1)N1C[C@H]2CN(Cc3ccncc3)C(=O)[C@H]2C1. The molecule has 3 saturated heterocycles. The van der Waals surface area contributed by atoms with Crippen molar-refractivity contribution in [3.8, 4) is 0 Å². The molecule has 0 aliphatic carbocycles. The number of hydrogen-bond donors (Lipinski definition) is 0. The van der Waals surface area contributed by atoms with E-state index in [0.29, 0.717) is 32.8 Å². The second kappa shape index (κ2) is 5.92. The normalized spacial score (nSPS) is 30.1. The Balaban J connectivity index is 1.38. The van der Waals surface area contributed by atoms with E-state index >= 15 is 0 Å². The summed E-state index contributed by atoms with van der Waals surface area (Å²) in [5, 5.41) is 0. The molecule has 122 valence electrons. The van der Waals surface area contributed by atoms with Crippen molar-refractivity contribution in [1.29, 1.82) is 0 Å². The Kier molecular flexibility index (Phi) is 3.77. The van der Waals surface area contributed by atoms with E-state index in [1.165, 1.54) is 0 Å². The third-order valence-electron chi connectivity index (χ3n) is 5.24. The van der Waals surface area contributed by atoms with Crippen LogP contribution >= 0.6 is 0 Å². The molecule has 6 nitrogen and oxygen atoms in total. The van der Waals surface area contributed by atoms with Crippen LogP contribution in [0, 0.1) is 17.8 Å². The number of aromatic nitrogens is 1. The molecule has 1 unspecified atom stereocenters. The number of carbonyl (C=O) groups is 2. The first-order valence-electron chi connectivity index (χ1n) is 8.26. The van der Waals surface area contributed by atoms with E-state index in [1.807, 2.05) is 21.9 Å². The zero-order valence-electron chi connectivity index (χ0n) is 13.1. The molecule has 4 heterocycles. The topological polar surface area (TPSA) is 62.7 Å². The van der Waals surface area contributed by atoms with Crippen molar-refractivity contribution in [2.75, 3.05) is 32.8 Å². The van der Waals surface area contributed by atoms with Crippen LogP contribution in [0.4, 0.5) is 0 Å². The maximum Gasteiger partial charge on any atom is 0.228 e. The first kappa shape index (κ1) is 14.6. The van der Waals surface area contributed by atoms with Gasteiger partial charge in [-0.25, -0.2) is 0 Å². The second-order valence-electron chi connectivity index (χ2n) is 6.74. The van der Waals surface area contributed by atoms with Gasteiger partial charge in [0.1, 0.15) is 0 Å². The number of ether oxygens (including phenoxy) is 1. The molecule has 1 aromatic heterocycles. The van der Waals surface area contributed by atoms with Gasteiger partial charge in [-0.1, -0.05) is 0 Å². The van der Waals surface area contributed by atoms with Gasteiger partial charge < -0.3 is 14.5 Å². The molecule has 3 fully saturated rings. The molecule has 3 aliphatic heterocycles. The van der Waals surface area contributed by atoms with Crippen molar-refractivity contribution >= 4 is 11.8 Å². The molecule has 6 heteroatoms. The average molecular weight is 315 g/mol. The molecule has 0 bridgehead atoms. The fourth-order valence-electron chi connectivity index (χ4n) is 3.96. The molecule has 0 N–H and O–H groups in total. The summed E-state index contributed by atoms with van der Waals surface area (Å²) < 4.78 is 5.31. The Labute approximate surface area is 135 Å². The summed E-state index contributed by atoms with van der Waals surface area (Å²) >= 11 is 0. The predicted octanol–water partition coefficient (Wildman–Crippen LogP) is 0.535. The summed E-state index contributed by atoms with van der Waals surface area (Å²) in [6.07, 6.45) is 4.31. The van der Waals surface area contributed by atoms with Crippen LogP contribution < -0.4 is 0 Å². The fraction of sp³-hybridized carbons (Fsp3) is 0.588. The van der Waals surface area contributed by atoms with Gasteiger partial charge in [-0.05, 0) is 24.1 Å². The number of nitrogens with zero attached hydrogens (tertiary/aromatic N) is 3. The van der Waals surface area contributed by atoms with E-state index in [0.717, 1.165) is 18.5 Å². The average Bonchev–Trinajstić information content (AvgIpc) is 3.28. The lowest BCUT2D eigenvalue weighted by atomic mass is 10.0. The Bertz CT molecular complexity index is 600. The van der Waals surface area contributed by atoms with Crippen LogP contribution in [0.15, 0.2) is 24.5 Å². The van der Waals surface area contributed by atoms with Gasteiger partial charge in [0.2, 0.25) is 11.8 Å². The number of amides is 2. The van der Waals surface area contributed by atoms with Gasteiger partial charge in [0.15, 0.2) is 0 Å². The molecule has 0 radical (unpaired) electrons. The van der Waals surface area contributed by atoms with Crippen molar-refractivity contribution < 1.29 is 14.3 Å². The smallest absolute Gasteiger partial charge is 0.228 e. The highest BCUT2D eigenvalue weighted by atomic mass is 16.5. The van der Waals surface area contributed by atoms with Crippen LogP contribution in [0.1, 0.15) is 12.0 Å². The number of hydrogen-bond acceptors (Lipinski definition) is 4. The van der Waals surface area contributed by atoms with Crippen LogP contribution in [0.3, 0.4) is 0 Å². The molecular formula is C17H21N3O3. The summed E-state index contributed by atoms with van der Waals surface area (Å²) in [7, 11) is 0. The molecule has 2 amide bonds. The Morgan fingerprint density at radius 1 is 1.26 bits per heavy atom. The minimum Gasteiger partial charge on any atom is -0.381 e. The van der Waals surface area contributed by atoms with Gasteiger partial charge >= 0.3 is 0 Å². The van der Waals surface area contributed by atoms with E-state index in [4.69, 9.17) is 4.74 Å². The van der Waals surface area contributed by atoms with Crippen molar-refractivity contribution in [3.63, 3.8) is 0 Å². The van der Waals surface area contributed by atoms with Crippen LogP contribution in [-0.4, -0.2) is 59.4 Å². The van der Waals surface area contributed by atoms with Gasteiger partial charge in [0.05, 0.1) is 18.4 Å². The standard InChI is InChI=1S/C17H21N3O3/c21-16(13-3-6-23-11-13)20-9-14-8-19(17(22)15(14)10-20)7-12-1-4-18-5-2-12/h1-2,4-5,13-15H,3,6-11H2/t13?,14-,15+/m1/s1. The molecule has 4 rings (SSSR count). The van der Waals surface area contributed by atoms with Crippen molar-refractivity contribution in [2.24, 2.45) is 17.8 Å². The molecular weight excluding hydrogens is 294 g/mol. The minimum atomic E-state index is -0.0249. The molecule has 23 heavy (non-hydrogen) atoms. The van der Waals surface area contributed by atoms with E-state index in [9.17, 15) is 9.59 Å². The Morgan fingerprint density at radius 2 is 2.09 bits per heavy atom. The highest BCUT2D eigenvalue weighted by Gasteiger charge is 2.48. The second-order valence-corrected chi connectivity index (χ2v) is 6.74. The molecule has 0 saturated carbocycles. The number of carbonyl (C=O) groups excluding carboxylic acids is 2. The summed E-state index contributed by atoms with van der Waals surface area (Å²) in [6, 6.07) is 3.88. The molecule has 0 aromatic carbocycles. The van der Waals surface area contributed by atoms with E-state index < -0.39 is 0 Å². The quantitative estimate of drug-likeness (QED) is 0.816. The minimum absolute atomic E-state index is 0.00292. The Hall–Kier alpha value is -1.95.